The van der Waals surface area contributed by atoms with Crippen molar-refractivity contribution in [2.45, 2.75) is 32.5 Å². The smallest absolute Gasteiger partial charge is 0.139 e. The summed E-state index contributed by atoms with van der Waals surface area (Å²) in [4.78, 5) is 2.20. The Balaban J connectivity index is 2.29. The lowest BCUT2D eigenvalue weighted by molar-refractivity contribution is 0.225. The van der Waals surface area contributed by atoms with Crippen molar-refractivity contribution >= 4 is 0 Å². The van der Waals surface area contributed by atoms with E-state index < -0.39 is 0 Å². The van der Waals surface area contributed by atoms with Gasteiger partial charge in [0.15, 0.2) is 0 Å². The minimum absolute atomic E-state index is 0.135. The third-order valence-electron chi connectivity index (χ3n) is 3.66. The minimum atomic E-state index is -0.389. The van der Waals surface area contributed by atoms with Crippen molar-refractivity contribution in [2.75, 3.05) is 13.6 Å². The lowest BCUT2D eigenvalue weighted by Gasteiger charge is -2.28. The van der Waals surface area contributed by atoms with Crippen LogP contribution in [0.1, 0.15) is 26.4 Å². The second-order valence-electron chi connectivity index (χ2n) is 5.98. The molecule has 1 unspecified atom stereocenters. The van der Waals surface area contributed by atoms with Crippen LogP contribution in [0.25, 0.3) is 0 Å². The van der Waals surface area contributed by atoms with Gasteiger partial charge in [0.1, 0.15) is 11.3 Å². The maximum absolute atomic E-state index is 13.3. The topological polar surface area (TPSA) is 58.0 Å². The number of likely N-dealkylation sites (N-methyl/N-ethyl adjacent to an activating group) is 1. The van der Waals surface area contributed by atoms with Crippen LogP contribution in [0, 0.1) is 16.6 Å². The summed E-state index contributed by atoms with van der Waals surface area (Å²) in [5, 5.41) is 7.82. The molecule has 0 amide bonds. The molecule has 100 valence electrons. The van der Waals surface area contributed by atoms with E-state index >= 15 is 0 Å². The normalized spacial score (nSPS) is 25.3. The Bertz CT molecular complexity index is 494. The summed E-state index contributed by atoms with van der Waals surface area (Å²) >= 11 is 0. The molecule has 1 saturated heterocycles. The highest BCUT2D eigenvalue weighted by Gasteiger charge is 2.38. The van der Waals surface area contributed by atoms with Gasteiger partial charge in [-0.05, 0) is 31.0 Å². The first-order valence-corrected chi connectivity index (χ1v) is 6.18. The number of hydrogen-bond acceptors (Lipinski definition) is 3. The summed E-state index contributed by atoms with van der Waals surface area (Å²) in [5.41, 5.74) is 6.67. The van der Waals surface area contributed by atoms with Crippen LogP contribution >= 0.6 is 0 Å². The average molecular weight is 252 g/mol. The molecule has 2 heterocycles. The van der Waals surface area contributed by atoms with Crippen molar-refractivity contribution in [1.82, 2.24) is 9.47 Å². The quantitative estimate of drug-likeness (QED) is 0.833. The van der Waals surface area contributed by atoms with Crippen LogP contribution in [0.15, 0.2) is 18.3 Å². The lowest BCUT2D eigenvalue weighted by Crippen LogP contribution is -2.43. The number of aromatic nitrogens is 1. The van der Waals surface area contributed by atoms with Crippen LogP contribution in [-0.2, 0) is 0 Å². The van der Waals surface area contributed by atoms with Crippen molar-refractivity contribution in [3.63, 3.8) is 0 Å². The maximum Gasteiger partial charge on any atom is 0.139 e. The summed E-state index contributed by atoms with van der Waals surface area (Å²) in [7, 11) is 2.03. The molecule has 1 aliphatic heterocycles. The molecule has 0 bridgehead atoms. The summed E-state index contributed by atoms with van der Waals surface area (Å²) in [6.45, 7) is 5.37. The van der Waals surface area contributed by atoms with E-state index in [4.69, 9.17) is 11.1 Å². The zero-order chi connectivity index (χ0) is 13.5. The second-order valence-corrected chi connectivity index (χ2v) is 5.98. The molecule has 0 aromatic carbocycles. The van der Waals surface area contributed by atoms with Gasteiger partial charge in [0.05, 0.1) is 6.17 Å². The molecule has 2 atom stereocenters. The van der Waals surface area contributed by atoms with Crippen LogP contribution in [-0.4, -0.2) is 29.1 Å². The maximum atomic E-state index is 13.3. The molecule has 2 rings (SSSR count). The number of nitrogens with zero attached hydrogens (tertiary/aromatic N) is 2. The molecule has 5 heteroatoms. The van der Waals surface area contributed by atoms with Gasteiger partial charge in [-0.15, -0.1) is 0 Å². The summed E-state index contributed by atoms with van der Waals surface area (Å²) in [6, 6.07) is 2.86. The Morgan fingerprint density at radius 1 is 1.50 bits per heavy atom. The third kappa shape index (κ3) is 2.47. The van der Waals surface area contributed by atoms with E-state index in [1.807, 2.05) is 7.05 Å². The minimum Gasteiger partial charge on any atom is -0.313 e. The Labute approximate surface area is 107 Å². The molecule has 4 nitrogen and oxygen atoms in total. The van der Waals surface area contributed by atoms with Gasteiger partial charge >= 0.3 is 0 Å². The molecule has 1 aromatic heterocycles. The predicted molar refractivity (Wildman–Crippen MR) is 68.3 cm³/mol. The van der Waals surface area contributed by atoms with Gasteiger partial charge in [0, 0.05) is 18.8 Å². The van der Waals surface area contributed by atoms with Gasteiger partial charge in [-0.2, -0.15) is 0 Å². The van der Waals surface area contributed by atoms with Crippen LogP contribution in [0.5, 0.6) is 0 Å². The number of halogens is 1. The molecule has 0 spiro atoms. The Morgan fingerprint density at radius 3 is 2.72 bits per heavy atom. The lowest BCUT2D eigenvalue weighted by atomic mass is 9.90. The zero-order valence-corrected chi connectivity index (χ0v) is 11.2. The first-order valence-electron chi connectivity index (χ1n) is 6.18. The van der Waals surface area contributed by atoms with Crippen LogP contribution in [0.2, 0.25) is 0 Å². The van der Waals surface area contributed by atoms with E-state index in [1.54, 1.807) is 0 Å². The van der Waals surface area contributed by atoms with E-state index in [0.717, 1.165) is 13.0 Å². The Kier molecular flexibility index (Phi) is 3.29. The number of rotatable bonds is 2. The van der Waals surface area contributed by atoms with Crippen molar-refractivity contribution in [1.29, 1.82) is 5.41 Å². The standard InChI is InChI=1S/C13H21FN4/c1-13(2)6-10(17(3)8-13)12(16)18-7-9(14)4-5-11(18)15/h4-5,7,10,12,15H,6,8,16H2,1-3H3/t10-,12?/m0/s1. The predicted octanol–water partition coefficient (Wildman–Crippen LogP) is 1.29. The van der Waals surface area contributed by atoms with Gasteiger partial charge in [-0.3, -0.25) is 10.3 Å². The van der Waals surface area contributed by atoms with E-state index in [9.17, 15) is 4.39 Å². The second kappa shape index (κ2) is 4.48. The highest BCUT2D eigenvalue weighted by atomic mass is 19.1. The van der Waals surface area contributed by atoms with E-state index in [-0.39, 0.29) is 28.9 Å². The fourth-order valence-electron chi connectivity index (χ4n) is 2.88. The number of hydrogen-bond donors (Lipinski definition) is 2. The van der Waals surface area contributed by atoms with Gasteiger partial charge in [-0.25, -0.2) is 4.39 Å². The highest BCUT2D eigenvalue weighted by Crippen LogP contribution is 2.35. The molecule has 1 fully saturated rings. The zero-order valence-electron chi connectivity index (χ0n) is 11.2. The average Bonchev–Trinajstić information content (AvgIpc) is 2.55. The fourth-order valence-corrected chi connectivity index (χ4v) is 2.88. The summed E-state index contributed by atoms with van der Waals surface area (Å²) in [6.07, 6.45) is 1.87. The van der Waals surface area contributed by atoms with Crippen molar-refractivity contribution < 1.29 is 4.39 Å². The molecule has 18 heavy (non-hydrogen) atoms. The van der Waals surface area contributed by atoms with E-state index in [1.165, 1.54) is 22.9 Å². The number of nitrogens with one attached hydrogen (secondary N) is 1. The van der Waals surface area contributed by atoms with Gasteiger partial charge < -0.3 is 10.3 Å². The van der Waals surface area contributed by atoms with Crippen LogP contribution < -0.4 is 11.2 Å². The fraction of sp³-hybridized carbons (Fsp3) is 0.615. The van der Waals surface area contributed by atoms with Crippen LogP contribution in [0.4, 0.5) is 4.39 Å². The Morgan fingerprint density at radius 2 is 2.17 bits per heavy atom. The molecule has 0 aliphatic carbocycles. The molecule has 1 aromatic rings. The molecule has 0 saturated carbocycles. The molecule has 3 N–H and O–H groups in total. The molecule has 1 aliphatic rings. The molecule has 0 radical (unpaired) electrons. The van der Waals surface area contributed by atoms with E-state index in [2.05, 4.69) is 18.7 Å². The van der Waals surface area contributed by atoms with E-state index in [0.29, 0.717) is 0 Å². The van der Waals surface area contributed by atoms with Gasteiger partial charge in [0.25, 0.3) is 0 Å². The largest absolute Gasteiger partial charge is 0.313 e. The Hall–Kier alpha value is -1.20. The van der Waals surface area contributed by atoms with Gasteiger partial charge in [-0.1, -0.05) is 13.8 Å². The number of nitrogens with two attached hydrogens (primary N) is 1. The first-order chi connectivity index (χ1) is 8.30. The van der Waals surface area contributed by atoms with Crippen LogP contribution in [0.3, 0.4) is 0 Å². The number of pyridine rings is 1. The van der Waals surface area contributed by atoms with Gasteiger partial charge in [0.2, 0.25) is 0 Å². The third-order valence-corrected chi connectivity index (χ3v) is 3.66. The highest BCUT2D eigenvalue weighted by molar-refractivity contribution is 5.00. The monoisotopic (exact) mass is 252 g/mol. The van der Waals surface area contributed by atoms with Crippen molar-refractivity contribution in [3.05, 3.63) is 29.6 Å². The van der Waals surface area contributed by atoms with Crippen molar-refractivity contribution in [3.8, 4) is 0 Å². The van der Waals surface area contributed by atoms with Crippen molar-refractivity contribution in [2.24, 2.45) is 11.1 Å². The first kappa shape index (κ1) is 13.2. The summed E-state index contributed by atoms with van der Waals surface area (Å²) < 4.78 is 14.8. The molecular weight excluding hydrogens is 231 g/mol. The summed E-state index contributed by atoms with van der Waals surface area (Å²) in [5.74, 6) is -0.360. The number of likely N-dealkylation sites (tertiary alicyclic amines) is 1. The SMILES string of the molecule is CN1CC(C)(C)C[C@H]1C(N)n1cc(F)ccc1=N. The molecular formula is C13H21FN4.